The van der Waals surface area contributed by atoms with Gasteiger partial charge in [0, 0.05) is 49.3 Å². The Morgan fingerprint density at radius 2 is 1.97 bits per heavy atom. The van der Waals surface area contributed by atoms with Crippen molar-refractivity contribution in [2.24, 2.45) is 0 Å². The van der Waals surface area contributed by atoms with Crippen molar-refractivity contribution in [2.75, 3.05) is 48.4 Å². The number of aromatic nitrogens is 3. The molecule has 4 heterocycles. The fourth-order valence-electron chi connectivity index (χ4n) is 4.50. The molecule has 39 heavy (non-hydrogen) atoms. The van der Waals surface area contributed by atoms with Crippen molar-refractivity contribution in [3.05, 3.63) is 72.1 Å². The molecule has 0 spiro atoms. The fraction of sp³-hybridized carbons (Fsp3) is 0.333. The quantitative estimate of drug-likeness (QED) is 0.364. The van der Waals surface area contributed by atoms with Crippen molar-refractivity contribution >= 4 is 34.8 Å². The van der Waals surface area contributed by atoms with Gasteiger partial charge in [0.2, 0.25) is 0 Å². The zero-order chi connectivity index (χ0) is 27.4. The highest BCUT2D eigenvalue weighted by Gasteiger charge is 2.23. The maximum absolute atomic E-state index is 12.8. The minimum atomic E-state index is -0.383. The second-order valence-electron chi connectivity index (χ2n) is 9.47. The first-order valence-corrected chi connectivity index (χ1v) is 12.8. The molecule has 3 amide bonds. The number of hydrogen-bond donors (Lipinski definition) is 4. The second kappa shape index (κ2) is 11.5. The van der Waals surface area contributed by atoms with E-state index < -0.39 is 0 Å². The first-order valence-electron chi connectivity index (χ1n) is 12.8. The van der Waals surface area contributed by atoms with Crippen LogP contribution in [0.3, 0.4) is 0 Å². The zero-order valence-corrected chi connectivity index (χ0v) is 21.9. The number of nitrogens with one attached hydrogen (secondary N) is 3. The van der Waals surface area contributed by atoms with Crippen molar-refractivity contribution in [3.63, 3.8) is 0 Å². The predicted molar refractivity (Wildman–Crippen MR) is 147 cm³/mol. The van der Waals surface area contributed by atoms with Crippen LogP contribution in [-0.4, -0.2) is 75.4 Å². The van der Waals surface area contributed by atoms with E-state index in [0.717, 1.165) is 22.8 Å². The number of rotatable bonds is 7. The van der Waals surface area contributed by atoms with Gasteiger partial charge in [-0.25, -0.2) is 14.8 Å². The van der Waals surface area contributed by atoms with Crippen molar-refractivity contribution in [3.8, 4) is 0 Å². The first-order chi connectivity index (χ1) is 18.9. The van der Waals surface area contributed by atoms with Crippen LogP contribution in [0.15, 0.2) is 55.1 Å². The molecule has 0 bridgehead atoms. The Kier molecular flexibility index (Phi) is 7.75. The SMILES string of the molecule is Cc1c(NC(=O)N[C@@H](C)CO)cccc1N1C=C(Nc2ccc(C(=O)N3CCOCC3)cn2)c2nccn2C1. The summed E-state index contributed by atoms with van der Waals surface area (Å²) in [7, 11) is 0. The number of amides is 3. The zero-order valence-electron chi connectivity index (χ0n) is 21.9. The molecule has 0 saturated carbocycles. The number of aliphatic hydroxyl groups excluding tert-OH is 1. The van der Waals surface area contributed by atoms with Gasteiger partial charge in [0.25, 0.3) is 5.91 Å². The Morgan fingerprint density at radius 1 is 1.15 bits per heavy atom. The van der Waals surface area contributed by atoms with Crippen molar-refractivity contribution < 1.29 is 19.4 Å². The number of aliphatic hydroxyl groups is 1. The third kappa shape index (κ3) is 5.86. The maximum Gasteiger partial charge on any atom is 0.319 e. The summed E-state index contributed by atoms with van der Waals surface area (Å²) in [5, 5.41) is 18.1. The molecular weight excluding hydrogens is 500 g/mol. The molecule has 2 aromatic heterocycles. The van der Waals surface area contributed by atoms with Crippen LogP contribution in [0.25, 0.3) is 5.70 Å². The van der Waals surface area contributed by atoms with Crippen LogP contribution in [0.4, 0.5) is 22.0 Å². The lowest BCUT2D eigenvalue weighted by molar-refractivity contribution is 0.0302. The molecule has 204 valence electrons. The van der Waals surface area contributed by atoms with E-state index >= 15 is 0 Å². The van der Waals surface area contributed by atoms with E-state index in [4.69, 9.17) is 4.74 Å². The standard InChI is InChI=1S/C27H32N8O4/c1-18(16-36)30-27(38)32-21-4-3-5-23(19(21)2)35-15-22(25-28-8-9-34(25)17-35)31-24-7-6-20(14-29-24)26(37)33-10-12-39-13-11-33/h3-9,14-15,18,36H,10-13,16-17H2,1-2H3,(H,29,31)(H2,30,32,38)/t18-/m0/s1. The van der Waals surface area contributed by atoms with E-state index in [9.17, 15) is 14.7 Å². The van der Waals surface area contributed by atoms with Gasteiger partial charge in [-0.15, -0.1) is 0 Å². The number of hydrogen-bond acceptors (Lipinski definition) is 8. The van der Waals surface area contributed by atoms with Crippen LogP contribution >= 0.6 is 0 Å². The Bertz CT molecular complexity index is 1360. The molecule has 3 aromatic rings. The molecule has 1 saturated heterocycles. The number of carbonyl (C=O) groups is 2. The molecule has 1 fully saturated rings. The Hall–Kier alpha value is -4.42. The molecule has 1 aromatic carbocycles. The molecule has 2 aliphatic heterocycles. The summed E-state index contributed by atoms with van der Waals surface area (Å²) in [6, 6.07) is 8.50. The molecule has 0 aliphatic carbocycles. The van der Waals surface area contributed by atoms with Gasteiger partial charge in [-0.2, -0.15) is 0 Å². The van der Waals surface area contributed by atoms with Gasteiger partial charge in [0.1, 0.15) is 12.5 Å². The smallest absolute Gasteiger partial charge is 0.319 e. The Balaban J connectivity index is 1.35. The molecule has 5 rings (SSSR count). The molecule has 0 unspecified atom stereocenters. The number of fused-ring (bicyclic) bond motifs is 1. The van der Waals surface area contributed by atoms with Crippen LogP contribution in [0.1, 0.15) is 28.7 Å². The number of anilines is 3. The highest BCUT2D eigenvalue weighted by atomic mass is 16.5. The monoisotopic (exact) mass is 532 g/mol. The summed E-state index contributed by atoms with van der Waals surface area (Å²) in [5.74, 6) is 1.28. The van der Waals surface area contributed by atoms with Gasteiger partial charge in [-0.1, -0.05) is 6.07 Å². The van der Waals surface area contributed by atoms with Gasteiger partial charge in [0.15, 0.2) is 5.82 Å². The maximum atomic E-state index is 12.8. The number of morpholine rings is 1. The summed E-state index contributed by atoms with van der Waals surface area (Å²) in [6.07, 6.45) is 7.17. The third-order valence-corrected chi connectivity index (χ3v) is 6.63. The van der Waals surface area contributed by atoms with Crippen LogP contribution in [-0.2, 0) is 11.4 Å². The number of urea groups is 1. The summed E-state index contributed by atoms with van der Waals surface area (Å²) in [4.78, 5) is 37.9. The van der Waals surface area contributed by atoms with E-state index in [0.29, 0.717) is 50.0 Å². The third-order valence-electron chi connectivity index (χ3n) is 6.63. The normalized spacial score (nSPS) is 15.7. The van der Waals surface area contributed by atoms with Gasteiger partial charge in [0.05, 0.1) is 37.1 Å². The van der Waals surface area contributed by atoms with Gasteiger partial charge in [-0.05, 0) is 43.7 Å². The minimum absolute atomic E-state index is 0.0561. The minimum Gasteiger partial charge on any atom is -0.394 e. The fourth-order valence-corrected chi connectivity index (χ4v) is 4.50. The number of nitrogens with zero attached hydrogens (tertiary/aromatic N) is 5. The number of pyridine rings is 1. The topological polar surface area (TPSA) is 137 Å². The number of ether oxygens (including phenoxy) is 1. The van der Waals surface area contributed by atoms with Gasteiger partial charge >= 0.3 is 6.03 Å². The van der Waals surface area contributed by atoms with Crippen molar-refractivity contribution in [1.29, 1.82) is 0 Å². The summed E-state index contributed by atoms with van der Waals surface area (Å²) < 4.78 is 7.34. The molecule has 12 heteroatoms. The Labute approximate surface area is 226 Å². The first kappa shape index (κ1) is 26.2. The molecule has 2 aliphatic rings. The van der Waals surface area contributed by atoms with E-state index in [1.54, 1.807) is 36.4 Å². The van der Waals surface area contributed by atoms with E-state index in [1.165, 1.54) is 0 Å². The molecule has 12 nitrogen and oxygen atoms in total. The predicted octanol–water partition coefficient (Wildman–Crippen LogP) is 2.45. The van der Waals surface area contributed by atoms with Crippen molar-refractivity contribution in [1.82, 2.24) is 24.8 Å². The van der Waals surface area contributed by atoms with Crippen LogP contribution in [0.2, 0.25) is 0 Å². The largest absolute Gasteiger partial charge is 0.394 e. The molecule has 0 radical (unpaired) electrons. The van der Waals surface area contributed by atoms with E-state index in [-0.39, 0.29) is 24.6 Å². The summed E-state index contributed by atoms with van der Waals surface area (Å²) in [5.41, 5.74) is 3.71. The highest BCUT2D eigenvalue weighted by molar-refractivity contribution is 5.94. The van der Waals surface area contributed by atoms with Crippen LogP contribution < -0.4 is 20.9 Å². The Morgan fingerprint density at radius 3 is 2.72 bits per heavy atom. The van der Waals surface area contributed by atoms with Crippen LogP contribution in [0.5, 0.6) is 0 Å². The average molecular weight is 533 g/mol. The highest BCUT2D eigenvalue weighted by Crippen LogP contribution is 2.31. The lowest BCUT2D eigenvalue weighted by Gasteiger charge is -2.30. The van der Waals surface area contributed by atoms with E-state index in [1.807, 2.05) is 42.1 Å². The van der Waals surface area contributed by atoms with Gasteiger partial charge < -0.3 is 40.2 Å². The summed E-state index contributed by atoms with van der Waals surface area (Å²) >= 11 is 0. The second-order valence-corrected chi connectivity index (χ2v) is 9.47. The van der Waals surface area contributed by atoms with Crippen LogP contribution in [0, 0.1) is 6.92 Å². The molecule has 1 atom stereocenters. The number of imidazole rings is 1. The lowest BCUT2D eigenvalue weighted by atomic mass is 10.1. The van der Waals surface area contributed by atoms with Gasteiger partial charge in [-0.3, -0.25) is 4.79 Å². The summed E-state index contributed by atoms with van der Waals surface area (Å²) in [6.45, 7) is 6.29. The average Bonchev–Trinajstić information content (AvgIpc) is 3.44. The number of carbonyl (C=O) groups excluding carboxylic acids is 2. The van der Waals surface area contributed by atoms with Crippen molar-refractivity contribution in [2.45, 2.75) is 26.6 Å². The lowest BCUT2D eigenvalue weighted by Crippen LogP contribution is -2.40. The van der Waals surface area contributed by atoms with E-state index in [2.05, 4.69) is 30.8 Å². The molecular formula is C27H32N8O4. The molecule has 4 N–H and O–H groups in total. The number of benzene rings is 1.